The molecule has 3 rings (SSSR count). The molecule has 1 amide bonds. The van der Waals surface area contributed by atoms with Gasteiger partial charge in [-0.3, -0.25) is 9.59 Å². The fraction of sp³-hybridized carbons (Fsp3) is 0.278. The van der Waals surface area contributed by atoms with E-state index in [1.54, 1.807) is 36.4 Å². The molecule has 1 N–H and O–H groups in total. The van der Waals surface area contributed by atoms with E-state index in [1.165, 1.54) is 11.8 Å². The molecule has 0 spiro atoms. The third-order valence-electron chi connectivity index (χ3n) is 4.19. The number of amides is 1. The summed E-state index contributed by atoms with van der Waals surface area (Å²) < 4.78 is 5.60. The Morgan fingerprint density at radius 2 is 1.83 bits per heavy atom. The molecule has 24 heavy (non-hydrogen) atoms. The van der Waals surface area contributed by atoms with Gasteiger partial charge >= 0.3 is 5.97 Å². The van der Waals surface area contributed by atoms with Crippen LogP contribution in [-0.4, -0.2) is 40.3 Å². The predicted molar refractivity (Wildman–Crippen MR) is 85.8 cm³/mol. The average Bonchev–Trinajstić information content (AvgIpc) is 3.24. The molecule has 2 heterocycles. The number of carboxylic acids is 1. The van der Waals surface area contributed by atoms with Gasteiger partial charge in [0, 0.05) is 17.7 Å². The van der Waals surface area contributed by atoms with Gasteiger partial charge in [0.25, 0.3) is 5.91 Å². The van der Waals surface area contributed by atoms with Crippen molar-refractivity contribution in [1.29, 1.82) is 0 Å². The zero-order valence-electron chi connectivity index (χ0n) is 13.2. The van der Waals surface area contributed by atoms with E-state index < -0.39 is 17.9 Å². The van der Waals surface area contributed by atoms with Crippen molar-refractivity contribution in [2.75, 3.05) is 6.54 Å². The fourth-order valence-corrected chi connectivity index (χ4v) is 2.89. The van der Waals surface area contributed by atoms with E-state index in [0.717, 1.165) is 5.56 Å². The molecule has 6 heteroatoms. The first-order chi connectivity index (χ1) is 11.5. The molecule has 2 aromatic rings. The number of hydrogen-bond donors (Lipinski definition) is 1. The van der Waals surface area contributed by atoms with Gasteiger partial charge in [-0.05, 0) is 31.9 Å². The number of aliphatic carboxylic acids is 1. The van der Waals surface area contributed by atoms with Crippen LogP contribution < -0.4 is 0 Å². The minimum Gasteiger partial charge on any atom is -0.480 e. The zero-order chi connectivity index (χ0) is 17.3. The van der Waals surface area contributed by atoms with Gasteiger partial charge in [0.2, 0.25) is 0 Å². The summed E-state index contributed by atoms with van der Waals surface area (Å²) in [6.07, 6.45) is 1.13. The number of rotatable bonds is 4. The van der Waals surface area contributed by atoms with Crippen molar-refractivity contribution < 1.29 is 23.9 Å². The third kappa shape index (κ3) is 2.95. The lowest BCUT2D eigenvalue weighted by Crippen LogP contribution is -2.40. The van der Waals surface area contributed by atoms with E-state index in [-0.39, 0.29) is 11.5 Å². The molecule has 124 valence electrons. The number of carboxylic acid groups (broad SMARTS) is 1. The largest absolute Gasteiger partial charge is 0.480 e. The maximum Gasteiger partial charge on any atom is 0.326 e. The van der Waals surface area contributed by atoms with Gasteiger partial charge < -0.3 is 14.4 Å². The molecule has 1 fully saturated rings. The van der Waals surface area contributed by atoms with Crippen LogP contribution in [0.1, 0.15) is 40.7 Å². The molecule has 1 aliphatic rings. The number of benzene rings is 1. The van der Waals surface area contributed by atoms with E-state index in [4.69, 9.17) is 4.42 Å². The van der Waals surface area contributed by atoms with Crippen LogP contribution in [0, 0.1) is 0 Å². The van der Waals surface area contributed by atoms with Gasteiger partial charge in [0.15, 0.2) is 11.5 Å². The number of Topliss-reactive ketones (excluding diaryl/α,β-unsaturated/α-hetero) is 1. The van der Waals surface area contributed by atoms with Crippen molar-refractivity contribution in [2.24, 2.45) is 0 Å². The van der Waals surface area contributed by atoms with Crippen LogP contribution in [0.15, 0.2) is 40.8 Å². The number of hydrogen-bond acceptors (Lipinski definition) is 4. The summed E-state index contributed by atoms with van der Waals surface area (Å²) in [6.45, 7) is 1.91. The van der Waals surface area contributed by atoms with Gasteiger partial charge in [-0.25, -0.2) is 4.79 Å². The molecule has 0 saturated carbocycles. The number of ketones is 1. The van der Waals surface area contributed by atoms with Crippen LogP contribution in [0.3, 0.4) is 0 Å². The van der Waals surface area contributed by atoms with E-state index in [1.807, 2.05) is 0 Å². The SMILES string of the molecule is CC(=O)c1ccc(-c2ccc(C(=O)N3CCC[C@H]3C(=O)O)o2)cc1. The van der Waals surface area contributed by atoms with Crippen LogP contribution in [0.2, 0.25) is 0 Å². The number of carbonyl (C=O) groups is 3. The highest BCUT2D eigenvalue weighted by atomic mass is 16.4. The van der Waals surface area contributed by atoms with Gasteiger partial charge in [-0.15, -0.1) is 0 Å². The maximum absolute atomic E-state index is 12.5. The molecular weight excluding hydrogens is 310 g/mol. The minimum atomic E-state index is -0.993. The van der Waals surface area contributed by atoms with Crippen LogP contribution in [0.5, 0.6) is 0 Å². The van der Waals surface area contributed by atoms with Crippen molar-refractivity contribution in [1.82, 2.24) is 4.90 Å². The molecule has 0 bridgehead atoms. The second-order valence-electron chi connectivity index (χ2n) is 5.79. The average molecular weight is 327 g/mol. The standard InChI is InChI=1S/C18H17NO5/c1-11(20)12-4-6-13(7-5-12)15-8-9-16(24-15)17(21)19-10-2-3-14(19)18(22)23/h4-9,14H,2-3,10H2,1H3,(H,22,23)/t14-/m0/s1. The summed E-state index contributed by atoms with van der Waals surface area (Å²) in [5.74, 6) is -0.808. The van der Waals surface area contributed by atoms with Gasteiger partial charge in [-0.1, -0.05) is 24.3 Å². The van der Waals surface area contributed by atoms with Crippen LogP contribution >= 0.6 is 0 Å². The molecule has 0 aliphatic carbocycles. The molecule has 1 aromatic heterocycles. The summed E-state index contributed by atoms with van der Waals surface area (Å²) in [6, 6.07) is 9.32. The first-order valence-electron chi connectivity index (χ1n) is 7.72. The summed E-state index contributed by atoms with van der Waals surface area (Å²) in [5.41, 5.74) is 1.35. The Morgan fingerprint density at radius 1 is 1.12 bits per heavy atom. The summed E-state index contributed by atoms with van der Waals surface area (Å²) in [7, 11) is 0. The highest BCUT2D eigenvalue weighted by Gasteiger charge is 2.35. The van der Waals surface area contributed by atoms with E-state index >= 15 is 0 Å². The monoisotopic (exact) mass is 327 g/mol. The van der Waals surface area contributed by atoms with Crippen molar-refractivity contribution in [2.45, 2.75) is 25.8 Å². The first kappa shape index (κ1) is 16.0. The number of nitrogens with zero attached hydrogens (tertiary/aromatic N) is 1. The molecule has 1 aliphatic heterocycles. The minimum absolute atomic E-state index is 0.0226. The summed E-state index contributed by atoms with van der Waals surface area (Å²) in [5, 5.41) is 9.18. The Balaban J connectivity index is 1.81. The first-order valence-corrected chi connectivity index (χ1v) is 7.72. The fourth-order valence-electron chi connectivity index (χ4n) is 2.89. The molecule has 6 nitrogen and oxygen atoms in total. The molecule has 1 aromatic carbocycles. The summed E-state index contributed by atoms with van der Waals surface area (Å²) >= 11 is 0. The zero-order valence-corrected chi connectivity index (χ0v) is 13.2. The summed E-state index contributed by atoms with van der Waals surface area (Å²) in [4.78, 5) is 36.3. The van der Waals surface area contributed by atoms with Crippen molar-refractivity contribution >= 4 is 17.7 Å². The van der Waals surface area contributed by atoms with Crippen molar-refractivity contribution in [3.05, 3.63) is 47.7 Å². The normalized spacial score (nSPS) is 17.0. The lowest BCUT2D eigenvalue weighted by atomic mass is 10.1. The van der Waals surface area contributed by atoms with Crippen LogP contribution in [-0.2, 0) is 4.79 Å². The molecule has 1 saturated heterocycles. The molecule has 1 atom stereocenters. The second-order valence-corrected chi connectivity index (χ2v) is 5.79. The Labute approximate surface area is 138 Å². The maximum atomic E-state index is 12.5. The predicted octanol–water partition coefficient (Wildman–Crippen LogP) is 2.84. The highest BCUT2D eigenvalue weighted by molar-refractivity contribution is 5.96. The quantitative estimate of drug-likeness (QED) is 0.872. The Hall–Kier alpha value is -2.89. The van der Waals surface area contributed by atoms with Crippen LogP contribution in [0.25, 0.3) is 11.3 Å². The lowest BCUT2D eigenvalue weighted by molar-refractivity contribution is -0.141. The Bertz CT molecular complexity index is 790. The number of furan rings is 1. The van der Waals surface area contributed by atoms with Crippen molar-refractivity contribution in [3.8, 4) is 11.3 Å². The Kier molecular flexibility index (Phi) is 4.20. The van der Waals surface area contributed by atoms with Gasteiger partial charge in [0.1, 0.15) is 11.8 Å². The highest BCUT2D eigenvalue weighted by Crippen LogP contribution is 2.26. The third-order valence-corrected chi connectivity index (χ3v) is 4.19. The molecule has 0 unspecified atom stereocenters. The van der Waals surface area contributed by atoms with Crippen LogP contribution in [0.4, 0.5) is 0 Å². The molecule has 0 radical (unpaired) electrons. The van der Waals surface area contributed by atoms with Gasteiger partial charge in [-0.2, -0.15) is 0 Å². The van der Waals surface area contributed by atoms with E-state index in [0.29, 0.717) is 30.7 Å². The lowest BCUT2D eigenvalue weighted by Gasteiger charge is -2.19. The van der Waals surface area contributed by atoms with E-state index in [2.05, 4.69) is 0 Å². The second kappa shape index (κ2) is 6.31. The van der Waals surface area contributed by atoms with Crippen molar-refractivity contribution in [3.63, 3.8) is 0 Å². The Morgan fingerprint density at radius 3 is 2.46 bits per heavy atom. The topological polar surface area (TPSA) is 87.8 Å². The molecular formula is C18H17NO5. The number of likely N-dealkylation sites (tertiary alicyclic amines) is 1. The van der Waals surface area contributed by atoms with E-state index in [9.17, 15) is 19.5 Å². The smallest absolute Gasteiger partial charge is 0.326 e. The number of carbonyl (C=O) groups excluding carboxylic acids is 2. The van der Waals surface area contributed by atoms with Gasteiger partial charge in [0.05, 0.1) is 0 Å².